The summed E-state index contributed by atoms with van der Waals surface area (Å²) in [5.74, 6) is 0. The number of aromatic nitrogens is 2. The Morgan fingerprint density at radius 3 is 2.81 bits per heavy atom. The van der Waals surface area contributed by atoms with E-state index in [9.17, 15) is 0 Å². The number of nitrogens with zero attached hydrogens (tertiary/aromatic N) is 3. The van der Waals surface area contributed by atoms with Gasteiger partial charge in [0, 0.05) is 11.1 Å². The first-order chi connectivity index (χ1) is 7.79. The van der Waals surface area contributed by atoms with E-state index in [0.29, 0.717) is 10.6 Å². The molecule has 0 radical (unpaired) electrons. The predicted molar refractivity (Wildman–Crippen MR) is 62.3 cm³/mol. The largest absolute Gasteiger partial charge is 0.245 e. The van der Waals surface area contributed by atoms with Gasteiger partial charge >= 0.3 is 0 Å². The lowest BCUT2D eigenvalue weighted by Crippen LogP contribution is -1.82. The second-order valence-corrected chi connectivity index (χ2v) is 4.40. The first kappa shape index (κ1) is 10.9. The Hall–Kier alpha value is -1.57. The van der Waals surface area contributed by atoms with Gasteiger partial charge in [-0.05, 0) is 24.3 Å². The lowest BCUT2D eigenvalue weighted by Gasteiger charge is -2.01. The molecule has 0 spiro atoms. The second-order valence-electron chi connectivity index (χ2n) is 2.90. The summed E-state index contributed by atoms with van der Waals surface area (Å²) in [7, 11) is 0. The molecule has 0 saturated heterocycles. The van der Waals surface area contributed by atoms with Gasteiger partial charge in [0.05, 0.1) is 10.6 Å². The van der Waals surface area contributed by atoms with Crippen LogP contribution in [0, 0.1) is 11.3 Å². The van der Waals surface area contributed by atoms with Crippen LogP contribution in [-0.2, 0) is 0 Å². The molecule has 2 rings (SSSR count). The molecule has 0 atom stereocenters. The van der Waals surface area contributed by atoms with Crippen LogP contribution in [0.2, 0.25) is 5.02 Å². The highest BCUT2D eigenvalue weighted by Gasteiger charge is 2.03. The zero-order valence-corrected chi connectivity index (χ0v) is 9.66. The van der Waals surface area contributed by atoms with Gasteiger partial charge in [-0.2, -0.15) is 5.26 Å². The molecule has 0 N–H and O–H groups in total. The van der Waals surface area contributed by atoms with Gasteiger partial charge in [0.25, 0.3) is 0 Å². The SMILES string of the molecule is N#Cc1ccc(Sc2ccncn2)cc1Cl. The summed E-state index contributed by atoms with van der Waals surface area (Å²) in [5, 5.41) is 10.0. The molecule has 0 fully saturated rings. The van der Waals surface area contributed by atoms with Crippen molar-refractivity contribution in [1.29, 1.82) is 5.26 Å². The van der Waals surface area contributed by atoms with Crippen LogP contribution in [0.1, 0.15) is 5.56 Å². The highest BCUT2D eigenvalue weighted by molar-refractivity contribution is 7.99. The van der Waals surface area contributed by atoms with Crippen molar-refractivity contribution in [3.63, 3.8) is 0 Å². The van der Waals surface area contributed by atoms with Crippen molar-refractivity contribution < 1.29 is 0 Å². The Morgan fingerprint density at radius 1 is 1.31 bits per heavy atom. The molecule has 5 heteroatoms. The topological polar surface area (TPSA) is 49.6 Å². The molecule has 0 amide bonds. The van der Waals surface area contributed by atoms with E-state index >= 15 is 0 Å². The summed E-state index contributed by atoms with van der Waals surface area (Å²) in [4.78, 5) is 8.88. The van der Waals surface area contributed by atoms with E-state index in [1.165, 1.54) is 18.1 Å². The summed E-state index contributed by atoms with van der Waals surface area (Å²) in [5.41, 5.74) is 0.480. The maximum absolute atomic E-state index is 8.74. The Kier molecular flexibility index (Phi) is 3.40. The van der Waals surface area contributed by atoms with E-state index in [-0.39, 0.29) is 0 Å². The zero-order chi connectivity index (χ0) is 11.4. The molecule has 1 heterocycles. The zero-order valence-electron chi connectivity index (χ0n) is 8.09. The van der Waals surface area contributed by atoms with Gasteiger partial charge in [-0.1, -0.05) is 23.4 Å². The highest BCUT2D eigenvalue weighted by atomic mass is 35.5. The van der Waals surface area contributed by atoms with E-state index < -0.39 is 0 Å². The maximum Gasteiger partial charge on any atom is 0.116 e. The molecule has 16 heavy (non-hydrogen) atoms. The molecule has 78 valence electrons. The van der Waals surface area contributed by atoms with Crippen molar-refractivity contribution in [3.05, 3.63) is 47.4 Å². The van der Waals surface area contributed by atoms with Gasteiger partial charge in [-0.15, -0.1) is 0 Å². The van der Waals surface area contributed by atoms with Crippen LogP contribution in [0.3, 0.4) is 0 Å². The molecule has 0 unspecified atom stereocenters. The Bertz CT molecular complexity index is 537. The standard InChI is InChI=1S/C11H6ClN3S/c12-10-5-9(2-1-8(10)6-13)16-11-3-4-14-7-15-11/h1-5,7H. The fraction of sp³-hybridized carbons (Fsp3) is 0. The first-order valence-corrected chi connectivity index (χ1v) is 5.62. The minimum atomic E-state index is 0.460. The summed E-state index contributed by atoms with van der Waals surface area (Å²) in [6.07, 6.45) is 3.17. The van der Waals surface area contributed by atoms with Gasteiger partial charge in [0.1, 0.15) is 17.4 Å². The molecular formula is C11H6ClN3S. The lowest BCUT2D eigenvalue weighted by molar-refractivity contribution is 1.05. The van der Waals surface area contributed by atoms with Crippen LogP contribution in [0.25, 0.3) is 0 Å². The molecular weight excluding hydrogens is 242 g/mol. The number of benzene rings is 1. The van der Waals surface area contributed by atoms with Crippen LogP contribution in [-0.4, -0.2) is 9.97 Å². The minimum absolute atomic E-state index is 0.460. The van der Waals surface area contributed by atoms with Crippen molar-refractivity contribution in [3.8, 4) is 6.07 Å². The summed E-state index contributed by atoms with van der Waals surface area (Å²) in [6, 6.07) is 9.14. The molecule has 0 aliphatic carbocycles. The van der Waals surface area contributed by atoms with Crippen LogP contribution in [0.4, 0.5) is 0 Å². The van der Waals surface area contributed by atoms with Crippen molar-refractivity contribution in [2.75, 3.05) is 0 Å². The molecule has 1 aromatic carbocycles. The summed E-state index contributed by atoms with van der Waals surface area (Å²) >= 11 is 7.40. The van der Waals surface area contributed by atoms with Crippen LogP contribution >= 0.6 is 23.4 Å². The normalized spacial score (nSPS) is 9.75. The van der Waals surface area contributed by atoms with E-state index in [1.807, 2.05) is 18.2 Å². The van der Waals surface area contributed by atoms with Crippen LogP contribution in [0.5, 0.6) is 0 Å². The van der Waals surface area contributed by atoms with Crippen molar-refractivity contribution in [2.24, 2.45) is 0 Å². The Balaban J connectivity index is 2.24. The van der Waals surface area contributed by atoms with E-state index in [0.717, 1.165) is 9.92 Å². The first-order valence-electron chi connectivity index (χ1n) is 4.43. The smallest absolute Gasteiger partial charge is 0.116 e. The molecule has 1 aromatic heterocycles. The fourth-order valence-electron chi connectivity index (χ4n) is 1.11. The number of hydrogen-bond donors (Lipinski definition) is 0. The predicted octanol–water partition coefficient (Wildman–Crippen LogP) is 3.15. The van der Waals surface area contributed by atoms with Gasteiger partial charge < -0.3 is 0 Å². The summed E-state index contributed by atoms with van der Waals surface area (Å²) < 4.78 is 0. The number of halogens is 1. The molecule has 0 aliphatic rings. The average molecular weight is 248 g/mol. The van der Waals surface area contributed by atoms with E-state index in [2.05, 4.69) is 9.97 Å². The third-order valence-corrected chi connectivity index (χ3v) is 3.09. The van der Waals surface area contributed by atoms with Gasteiger partial charge in [0.15, 0.2) is 0 Å². The quantitative estimate of drug-likeness (QED) is 0.765. The Morgan fingerprint density at radius 2 is 2.19 bits per heavy atom. The highest BCUT2D eigenvalue weighted by Crippen LogP contribution is 2.28. The van der Waals surface area contributed by atoms with Crippen molar-refractivity contribution >= 4 is 23.4 Å². The molecule has 0 saturated carbocycles. The monoisotopic (exact) mass is 247 g/mol. The van der Waals surface area contributed by atoms with Crippen molar-refractivity contribution in [2.45, 2.75) is 9.92 Å². The van der Waals surface area contributed by atoms with Crippen LogP contribution in [0.15, 0.2) is 46.7 Å². The van der Waals surface area contributed by atoms with Crippen LogP contribution < -0.4 is 0 Å². The van der Waals surface area contributed by atoms with Gasteiger partial charge in [-0.3, -0.25) is 0 Å². The van der Waals surface area contributed by atoms with Gasteiger partial charge in [0.2, 0.25) is 0 Å². The molecule has 0 bridgehead atoms. The van der Waals surface area contributed by atoms with Gasteiger partial charge in [-0.25, -0.2) is 9.97 Å². The maximum atomic E-state index is 8.74. The van der Waals surface area contributed by atoms with E-state index in [4.69, 9.17) is 16.9 Å². The minimum Gasteiger partial charge on any atom is -0.245 e. The molecule has 3 nitrogen and oxygen atoms in total. The number of nitriles is 1. The summed E-state index contributed by atoms with van der Waals surface area (Å²) in [6.45, 7) is 0. The van der Waals surface area contributed by atoms with Crippen molar-refractivity contribution in [1.82, 2.24) is 9.97 Å². The fourth-order valence-corrected chi connectivity index (χ4v) is 2.18. The average Bonchev–Trinajstić information content (AvgIpc) is 2.31. The lowest BCUT2D eigenvalue weighted by atomic mass is 10.2. The second kappa shape index (κ2) is 4.97. The Labute approximate surface area is 102 Å². The molecule has 0 aliphatic heterocycles. The number of hydrogen-bond acceptors (Lipinski definition) is 4. The molecule has 2 aromatic rings. The third kappa shape index (κ3) is 2.51. The van der Waals surface area contributed by atoms with E-state index in [1.54, 1.807) is 18.3 Å². The number of rotatable bonds is 2. The third-order valence-electron chi connectivity index (χ3n) is 1.84.